The van der Waals surface area contributed by atoms with E-state index >= 15 is 0 Å². The Morgan fingerprint density at radius 1 is 1.32 bits per heavy atom. The smallest absolute Gasteiger partial charge is 0.0697 e. The van der Waals surface area contributed by atoms with Crippen molar-refractivity contribution in [2.24, 2.45) is 5.41 Å². The summed E-state index contributed by atoms with van der Waals surface area (Å²) in [6.07, 6.45) is 3.09. The van der Waals surface area contributed by atoms with Crippen LogP contribution in [0.2, 0.25) is 0 Å². The van der Waals surface area contributed by atoms with Gasteiger partial charge in [-0.25, -0.2) is 0 Å². The minimum Gasteiger partial charge on any atom is -0.361 e. The Kier molecular flexibility index (Phi) is 3.92. The number of rotatable bonds is 5. The Hall–Kier alpha value is -1.79. The molecule has 0 aliphatic heterocycles. The molecule has 0 atom stereocenters. The Labute approximate surface area is 114 Å². The first-order chi connectivity index (χ1) is 9.02. The van der Waals surface area contributed by atoms with E-state index in [1.165, 1.54) is 16.5 Å². The number of H-pyrrole nitrogens is 1. The van der Waals surface area contributed by atoms with E-state index in [0.29, 0.717) is 0 Å². The number of likely N-dealkylation sites (N-methyl/N-ethyl adjacent to an activating group) is 1. The molecule has 0 radical (unpaired) electrons. The van der Waals surface area contributed by atoms with Gasteiger partial charge in [-0.15, -0.1) is 0 Å². The summed E-state index contributed by atoms with van der Waals surface area (Å²) >= 11 is 0. The van der Waals surface area contributed by atoms with Crippen molar-refractivity contribution in [2.75, 3.05) is 20.1 Å². The summed E-state index contributed by atoms with van der Waals surface area (Å²) < 4.78 is 0. The van der Waals surface area contributed by atoms with Crippen LogP contribution in [0.1, 0.15) is 19.4 Å². The lowest BCUT2D eigenvalue weighted by molar-refractivity contribution is 0.258. The van der Waals surface area contributed by atoms with Crippen LogP contribution in [0.25, 0.3) is 10.9 Å². The molecule has 3 heteroatoms. The van der Waals surface area contributed by atoms with Crippen LogP contribution >= 0.6 is 0 Å². The second-order valence-corrected chi connectivity index (χ2v) is 5.84. The number of nitriles is 1. The number of hydrogen-bond acceptors (Lipinski definition) is 2. The molecular formula is C16H21N3. The first kappa shape index (κ1) is 13.6. The van der Waals surface area contributed by atoms with Gasteiger partial charge in [0.2, 0.25) is 0 Å². The first-order valence-electron chi connectivity index (χ1n) is 6.67. The summed E-state index contributed by atoms with van der Waals surface area (Å²) in [5.74, 6) is 0. The summed E-state index contributed by atoms with van der Waals surface area (Å²) in [4.78, 5) is 5.53. The lowest BCUT2D eigenvalue weighted by atomic mass is 9.95. The summed E-state index contributed by atoms with van der Waals surface area (Å²) in [5.41, 5.74) is 2.25. The highest BCUT2D eigenvalue weighted by atomic mass is 15.1. The summed E-state index contributed by atoms with van der Waals surface area (Å²) in [6.45, 7) is 5.73. The lowest BCUT2D eigenvalue weighted by Gasteiger charge is -2.24. The molecule has 0 amide bonds. The third-order valence-corrected chi connectivity index (χ3v) is 3.41. The van der Waals surface area contributed by atoms with E-state index in [0.717, 1.165) is 19.5 Å². The normalized spacial score (nSPS) is 11.9. The van der Waals surface area contributed by atoms with Crippen LogP contribution in [0, 0.1) is 16.7 Å². The molecule has 1 aromatic heterocycles. The Bertz CT molecular complexity index is 589. The van der Waals surface area contributed by atoms with Gasteiger partial charge in [-0.3, -0.25) is 0 Å². The zero-order valence-electron chi connectivity index (χ0n) is 11.9. The molecule has 0 aliphatic carbocycles. The van der Waals surface area contributed by atoms with E-state index in [1.54, 1.807) is 0 Å². The molecule has 0 aliphatic rings. The predicted molar refractivity (Wildman–Crippen MR) is 78.9 cm³/mol. The van der Waals surface area contributed by atoms with Crippen molar-refractivity contribution in [1.29, 1.82) is 5.26 Å². The van der Waals surface area contributed by atoms with Gasteiger partial charge in [0, 0.05) is 30.2 Å². The fourth-order valence-corrected chi connectivity index (χ4v) is 2.44. The quantitative estimate of drug-likeness (QED) is 0.891. The van der Waals surface area contributed by atoms with Gasteiger partial charge >= 0.3 is 0 Å². The van der Waals surface area contributed by atoms with Crippen LogP contribution < -0.4 is 0 Å². The maximum Gasteiger partial charge on any atom is 0.0697 e. The van der Waals surface area contributed by atoms with E-state index in [1.807, 2.05) is 19.9 Å². The zero-order valence-corrected chi connectivity index (χ0v) is 11.9. The maximum absolute atomic E-state index is 9.05. The molecule has 0 fully saturated rings. The molecule has 100 valence electrons. The lowest BCUT2D eigenvalue weighted by Crippen LogP contribution is -2.31. The SMILES string of the molecule is CN(CCc1c[nH]c2ccccc12)CC(C)(C)C#N. The molecule has 19 heavy (non-hydrogen) atoms. The molecule has 0 spiro atoms. The van der Waals surface area contributed by atoms with Crippen LogP contribution in [0.4, 0.5) is 0 Å². The largest absolute Gasteiger partial charge is 0.361 e. The molecule has 0 saturated heterocycles. The van der Waals surface area contributed by atoms with Crippen molar-refractivity contribution in [3.63, 3.8) is 0 Å². The van der Waals surface area contributed by atoms with E-state index in [9.17, 15) is 0 Å². The van der Waals surface area contributed by atoms with Gasteiger partial charge in [0.1, 0.15) is 0 Å². The van der Waals surface area contributed by atoms with Crippen LogP contribution in [0.3, 0.4) is 0 Å². The monoisotopic (exact) mass is 255 g/mol. The average Bonchev–Trinajstić information content (AvgIpc) is 2.79. The number of para-hydroxylation sites is 1. The maximum atomic E-state index is 9.05. The van der Waals surface area contributed by atoms with Crippen LogP contribution in [0.5, 0.6) is 0 Å². The number of aromatic nitrogens is 1. The van der Waals surface area contributed by atoms with E-state index in [4.69, 9.17) is 5.26 Å². The molecule has 1 aromatic carbocycles. The third-order valence-electron chi connectivity index (χ3n) is 3.41. The molecular weight excluding hydrogens is 234 g/mol. The van der Waals surface area contributed by atoms with Gasteiger partial charge < -0.3 is 9.88 Å². The first-order valence-corrected chi connectivity index (χ1v) is 6.67. The molecule has 1 N–H and O–H groups in total. The number of benzene rings is 1. The second-order valence-electron chi connectivity index (χ2n) is 5.84. The molecule has 1 heterocycles. The van der Waals surface area contributed by atoms with Crippen molar-refractivity contribution in [3.8, 4) is 6.07 Å². The zero-order chi connectivity index (χ0) is 13.9. The van der Waals surface area contributed by atoms with Crippen molar-refractivity contribution in [1.82, 2.24) is 9.88 Å². The average molecular weight is 255 g/mol. The highest BCUT2D eigenvalue weighted by Crippen LogP contribution is 2.19. The molecule has 2 aromatic rings. The van der Waals surface area contributed by atoms with Gasteiger partial charge in [0.05, 0.1) is 11.5 Å². The molecule has 0 saturated carbocycles. The van der Waals surface area contributed by atoms with Gasteiger partial charge in [0.15, 0.2) is 0 Å². The van der Waals surface area contributed by atoms with Gasteiger partial charge in [-0.2, -0.15) is 5.26 Å². The van der Waals surface area contributed by atoms with E-state index in [2.05, 4.69) is 47.4 Å². The van der Waals surface area contributed by atoms with E-state index < -0.39 is 0 Å². The van der Waals surface area contributed by atoms with Crippen molar-refractivity contribution in [3.05, 3.63) is 36.0 Å². The number of fused-ring (bicyclic) bond motifs is 1. The molecule has 0 bridgehead atoms. The standard InChI is InChI=1S/C16H21N3/c1-16(2,11-17)12-19(3)9-8-13-10-18-15-7-5-4-6-14(13)15/h4-7,10,18H,8-9,12H2,1-3H3. The van der Waals surface area contributed by atoms with Crippen LogP contribution in [-0.4, -0.2) is 30.0 Å². The third kappa shape index (κ3) is 3.36. The van der Waals surface area contributed by atoms with Gasteiger partial charge in [-0.05, 0) is 38.9 Å². The summed E-state index contributed by atoms with van der Waals surface area (Å²) in [6, 6.07) is 10.7. The Morgan fingerprint density at radius 3 is 2.79 bits per heavy atom. The fourth-order valence-electron chi connectivity index (χ4n) is 2.44. The van der Waals surface area contributed by atoms with E-state index in [-0.39, 0.29) is 5.41 Å². The number of nitrogens with zero attached hydrogens (tertiary/aromatic N) is 2. The topological polar surface area (TPSA) is 42.8 Å². The van der Waals surface area contributed by atoms with Crippen LogP contribution in [0.15, 0.2) is 30.5 Å². The predicted octanol–water partition coefficient (Wildman–Crippen LogP) is 3.19. The van der Waals surface area contributed by atoms with Gasteiger partial charge in [-0.1, -0.05) is 18.2 Å². The van der Waals surface area contributed by atoms with Crippen molar-refractivity contribution >= 4 is 10.9 Å². The van der Waals surface area contributed by atoms with Crippen molar-refractivity contribution in [2.45, 2.75) is 20.3 Å². The highest BCUT2D eigenvalue weighted by Gasteiger charge is 2.19. The molecule has 0 unspecified atom stereocenters. The number of nitrogens with one attached hydrogen (secondary N) is 1. The fraction of sp³-hybridized carbons (Fsp3) is 0.438. The number of aromatic amines is 1. The summed E-state index contributed by atoms with van der Waals surface area (Å²) in [7, 11) is 2.08. The molecule has 2 rings (SSSR count). The minimum absolute atomic E-state index is 0.283. The second kappa shape index (κ2) is 5.46. The van der Waals surface area contributed by atoms with Crippen LogP contribution in [-0.2, 0) is 6.42 Å². The Morgan fingerprint density at radius 2 is 2.05 bits per heavy atom. The molecule has 3 nitrogen and oxygen atoms in total. The van der Waals surface area contributed by atoms with Gasteiger partial charge in [0.25, 0.3) is 0 Å². The highest BCUT2D eigenvalue weighted by molar-refractivity contribution is 5.83. The Balaban J connectivity index is 1.98. The minimum atomic E-state index is -0.283. The summed E-state index contributed by atoms with van der Waals surface area (Å²) in [5, 5.41) is 10.4. The number of hydrogen-bond donors (Lipinski definition) is 1. The van der Waals surface area contributed by atoms with Crippen molar-refractivity contribution < 1.29 is 0 Å².